The molecule has 0 spiro atoms. The van der Waals surface area contributed by atoms with Gasteiger partial charge in [0.2, 0.25) is 0 Å². The van der Waals surface area contributed by atoms with Crippen molar-refractivity contribution < 1.29 is 4.79 Å². The van der Waals surface area contributed by atoms with Gasteiger partial charge >= 0.3 is 0 Å². The summed E-state index contributed by atoms with van der Waals surface area (Å²) in [5, 5.41) is 0. The summed E-state index contributed by atoms with van der Waals surface area (Å²) in [5.41, 5.74) is -0.0829. The molecule has 0 aromatic heterocycles. The Morgan fingerprint density at radius 1 is 1.31 bits per heavy atom. The third kappa shape index (κ3) is 1.25. The van der Waals surface area contributed by atoms with Crippen LogP contribution in [0.3, 0.4) is 0 Å². The maximum Gasteiger partial charge on any atom is 0.143 e. The summed E-state index contributed by atoms with van der Waals surface area (Å²) in [7, 11) is 0. The summed E-state index contributed by atoms with van der Waals surface area (Å²) < 4.78 is 0. The van der Waals surface area contributed by atoms with Gasteiger partial charge in [-0.25, -0.2) is 0 Å². The van der Waals surface area contributed by atoms with Crippen LogP contribution in [0.2, 0.25) is 0 Å². The van der Waals surface area contributed by atoms with E-state index in [2.05, 4.69) is 6.58 Å². The van der Waals surface area contributed by atoms with Crippen molar-refractivity contribution in [1.82, 2.24) is 0 Å². The highest BCUT2D eigenvalue weighted by molar-refractivity contribution is 5.92. The lowest BCUT2D eigenvalue weighted by Crippen LogP contribution is -2.45. The SMILES string of the molecule is C=CC1(C2CCCCC2)CCC1=O. The molecular weight excluding hydrogens is 160 g/mol. The molecule has 0 aliphatic heterocycles. The minimum Gasteiger partial charge on any atom is -0.299 e. The summed E-state index contributed by atoms with van der Waals surface area (Å²) in [4.78, 5) is 11.6. The summed E-state index contributed by atoms with van der Waals surface area (Å²) in [5.74, 6) is 1.08. The first-order chi connectivity index (χ1) is 6.29. The molecule has 1 nitrogen and oxygen atoms in total. The van der Waals surface area contributed by atoms with E-state index in [0.29, 0.717) is 11.7 Å². The average molecular weight is 178 g/mol. The Balaban J connectivity index is 2.11. The van der Waals surface area contributed by atoms with Gasteiger partial charge in [0.15, 0.2) is 0 Å². The molecular formula is C12H18O. The highest BCUT2D eigenvalue weighted by Crippen LogP contribution is 2.50. The fourth-order valence-electron chi connectivity index (χ4n) is 2.95. The standard InChI is InChI=1S/C12H18O/c1-2-12(9-8-11(12)13)10-6-4-3-5-7-10/h2,10H,1,3-9H2. The summed E-state index contributed by atoms with van der Waals surface area (Å²) in [6.07, 6.45) is 10.3. The molecule has 0 N–H and O–H groups in total. The number of Topliss-reactive ketones (excluding diaryl/α,β-unsaturated/α-hetero) is 1. The highest BCUT2D eigenvalue weighted by atomic mass is 16.1. The lowest BCUT2D eigenvalue weighted by molar-refractivity contribution is -0.139. The second kappa shape index (κ2) is 3.28. The van der Waals surface area contributed by atoms with E-state index in [9.17, 15) is 4.79 Å². The minimum atomic E-state index is -0.0829. The number of carbonyl (C=O) groups is 1. The largest absolute Gasteiger partial charge is 0.299 e. The molecule has 1 atom stereocenters. The van der Waals surface area contributed by atoms with Crippen LogP contribution in [0.1, 0.15) is 44.9 Å². The third-order valence-electron chi connectivity index (χ3n) is 3.98. The zero-order valence-electron chi connectivity index (χ0n) is 8.22. The Hall–Kier alpha value is -0.590. The summed E-state index contributed by atoms with van der Waals surface area (Å²) >= 11 is 0. The van der Waals surface area contributed by atoms with Crippen molar-refractivity contribution in [2.45, 2.75) is 44.9 Å². The number of carbonyl (C=O) groups excluding carboxylic acids is 1. The monoisotopic (exact) mass is 178 g/mol. The van der Waals surface area contributed by atoms with E-state index in [-0.39, 0.29) is 5.41 Å². The van der Waals surface area contributed by atoms with Crippen LogP contribution in [0, 0.1) is 11.3 Å². The van der Waals surface area contributed by atoms with Crippen molar-refractivity contribution in [1.29, 1.82) is 0 Å². The second-order valence-corrected chi connectivity index (χ2v) is 4.50. The zero-order valence-corrected chi connectivity index (χ0v) is 8.22. The van der Waals surface area contributed by atoms with E-state index in [1.165, 1.54) is 32.1 Å². The van der Waals surface area contributed by atoms with E-state index < -0.39 is 0 Å². The molecule has 0 bridgehead atoms. The smallest absolute Gasteiger partial charge is 0.143 e. The Labute approximate surface area is 80.2 Å². The lowest BCUT2D eigenvalue weighted by atomic mass is 9.57. The van der Waals surface area contributed by atoms with Gasteiger partial charge in [-0.1, -0.05) is 25.3 Å². The van der Waals surface area contributed by atoms with E-state index in [4.69, 9.17) is 0 Å². The molecule has 0 aromatic rings. The molecule has 2 saturated carbocycles. The lowest BCUT2D eigenvalue weighted by Gasteiger charge is -2.45. The normalized spacial score (nSPS) is 35.5. The molecule has 2 aliphatic rings. The topological polar surface area (TPSA) is 17.1 Å². The predicted molar refractivity (Wildman–Crippen MR) is 53.4 cm³/mol. The zero-order chi connectivity index (χ0) is 9.31. The molecule has 0 saturated heterocycles. The fourth-order valence-corrected chi connectivity index (χ4v) is 2.95. The van der Waals surface area contributed by atoms with Crippen LogP contribution in [0.4, 0.5) is 0 Å². The van der Waals surface area contributed by atoms with Crippen molar-refractivity contribution >= 4 is 5.78 Å². The number of hydrogen-bond donors (Lipinski definition) is 0. The van der Waals surface area contributed by atoms with Crippen LogP contribution < -0.4 is 0 Å². The molecule has 0 radical (unpaired) electrons. The van der Waals surface area contributed by atoms with Crippen molar-refractivity contribution in [2.75, 3.05) is 0 Å². The quantitative estimate of drug-likeness (QED) is 0.594. The van der Waals surface area contributed by atoms with Gasteiger partial charge in [-0.05, 0) is 25.2 Å². The molecule has 72 valence electrons. The molecule has 2 fully saturated rings. The van der Waals surface area contributed by atoms with Gasteiger partial charge in [-0.3, -0.25) is 4.79 Å². The molecule has 1 heteroatoms. The minimum absolute atomic E-state index is 0.0829. The van der Waals surface area contributed by atoms with Gasteiger partial charge in [0, 0.05) is 11.8 Å². The van der Waals surface area contributed by atoms with Gasteiger partial charge in [-0.15, -0.1) is 6.58 Å². The van der Waals surface area contributed by atoms with Crippen molar-refractivity contribution in [2.24, 2.45) is 11.3 Å². The Bertz CT molecular complexity index is 225. The van der Waals surface area contributed by atoms with Gasteiger partial charge in [0.1, 0.15) is 5.78 Å². The Kier molecular flexibility index (Phi) is 2.27. The van der Waals surface area contributed by atoms with E-state index in [1.807, 2.05) is 6.08 Å². The maximum absolute atomic E-state index is 11.6. The fraction of sp³-hybridized carbons (Fsp3) is 0.750. The molecule has 0 amide bonds. The molecule has 1 unspecified atom stereocenters. The highest BCUT2D eigenvalue weighted by Gasteiger charge is 2.48. The van der Waals surface area contributed by atoms with Crippen LogP contribution in [0.15, 0.2) is 12.7 Å². The van der Waals surface area contributed by atoms with Gasteiger partial charge in [0.25, 0.3) is 0 Å². The van der Waals surface area contributed by atoms with Crippen LogP contribution in [0.25, 0.3) is 0 Å². The first kappa shape index (κ1) is 8.98. The Morgan fingerprint density at radius 2 is 2.00 bits per heavy atom. The molecule has 2 rings (SSSR count). The third-order valence-corrected chi connectivity index (χ3v) is 3.98. The second-order valence-electron chi connectivity index (χ2n) is 4.50. The average Bonchev–Trinajstić information content (AvgIpc) is 2.19. The first-order valence-corrected chi connectivity index (χ1v) is 5.46. The molecule has 0 aromatic carbocycles. The van der Waals surface area contributed by atoms with Crippen LogP contribution in [-0.2, 0) is 4.79 Å². The first-order valence-electron chi connectivity index (χ1n) is 5.46. The molecule has 13 heavy (non-hydrogen) atoms. The predicted octanol–water partition coefficient (Wildman–Crippen LogP) is 3.10. The van der Waals surface area contributed by atoms with Crippen molar-refractivity contribution in [3.8, 4) is 0 Å². The molecule has 2 aliphatic carbocycles. The number of hydrogen-bond acceptors (Lipinski definition) is 1. The van der Waals surface area contributed by atoms with Gasteiger partial charge in [-0.2, -0.15) is 0 Å². The number of rotatable bonds is 2. The maximum atomic E-state index is 11.6. The summed E-state index contributed by atoms with van der Waals surface area (Å²) in [6, 6.07) is 0. The summed E-state index contributed by atoms with van der Waals surface area (Å²) in [6.45, 7) is 3.86. The van der Waals surface area contributed by atoms with E-state index in [0.717, 1.165) is 12.8 Å². The Morgan fingerprint density at radius 3 is 2.38 bits per heavy atom. The van der Waals surface area contributed by atoms with Crippen LogP contribution >= 0.6 is 0 Å². The van der Waals surface area contributed by atoms with Crippen molar-refractivity contribution in [3.63, 3.8) is 0 Å². The van der Waals surface area contributed by atoms with Crippen LogP contribution in [-0.4, -0.2) is 5.78 Å². The number of allylic oxidation sites excluding steroid dienone is 1. The van der Waals surface area contributed by atoms with Crippen LogP contribution in [0.5, 0.6) is 0 Å². The van der Waals surface area contributed by atoms with E-state index in [1.54, 1.807) is 0 Å². The van der Waals surface area contributed by atoms with Crippen molar-refractivity contribution in [3.05, 3.63) is 12.7 Å². The van der Waals surface area contributed by atoms with E-state index >= 15 is 0 Å². The van der Waals surface area contributed by atoms with Gasteiger partial charge in [0.05, 0.1) is 0 Å². The number of ketones is 1. The molecule has 0 heterocycles. The van der Waals surface area contributed by atoms with Gasteiger partial charge < -0.3 is 0 Å².